The number of benzene rings is 1. The van der Waals surface area contributed by atoms with Gasteiger partial charge >= 0.3 is 0 Å². The minimum absolute atomic E-state index is 0.234. The molecule has 0 fully saturated rings. The van der Waals surface area contributed by atoms with Crippen LogP contribution < -0.4 is 0 Å². The van der Waals surface area contributed by atoms with Gasteiger partial charge in [-0.1, -0.05) is 26.0 Å². The first-order chi connectivity index (χ1) is 7.59. The summed E-state index contributed by atoms with van der Waals surface area (Å²) in [6.07, 6.45) is 0. The Balaban J connectivity index is 2.60. The molecule has 0 spiro atoms. The number of aryl methyl sites for hydroxylation is 1. The van der Waals surface area contributed by atoms with Crippen LogP contribution in [0.5, 0.6) is 5.75 Å². The Morgan fingerprint density at radius 2 is 1.94 bits per heavy atom. The molecule has 1 heterocycles. The van der Waals surface area contributed by atoms with Gasteiger partial charge in [-0.3, -0.25) is 0 Å². The van der Waals surface area contributed by atoms with Gasteiger partial charge in [-0.2, -0.15) is 0 Å². The van der Waals surface area contributed by atoms with Gasteiger partial charge < -0.3 is 9.52 Å². The lowest BCUT2D eigenvalue weighted by Gasteiger charge is -2.05. The van der Waals surface area contributed by atoms with E-state index in [1.807, 2.05) is 32.9 Å². The number of hydrogen-bond acceptors (Lipinski definition) is 3. The molecule has 0 amide bonds. The van der Waals surface area contributed by atoms with Crippen LogP contribution in [-0.4, -0.2) is 10.1 Å². The van der Waals surface area contributed by atoms with Crippen LogP contribution in [0, 0.1) is 6.92 Å². The van der Waals surface area contributed by atoms with E-state index >= 15 is 0 Å². The van der Waals surface area contributed by atoms with Crippen LogP contribution in [0.15, 0.2) is 28.7 Å². The van der Waals surface area contributed by atoms with E-state index in [4.69, 9.17) is 4.42 Å². The second-order valence-corrected chi connectivity index (χ2v) is 4.12. The number of phenols is 1. The zero-order valence-electron chi connectivity index (χ0n) is 9.69. The van der Waals surface area contributed by atoms with Crippen molar-refractivity contribution in [3.63, 3.8) is 0 Å². The van der Waals surface area contributed by atoms with Crippen LogP contribution in [-0.2, 0) is 0 Å². The fourth-order valence-electron chi connectivity index (χ4n) is 1.70. The zero-order chi connectivity index (χ0) is 11.7. The average molecular weight is 217 g/mol. The molecule has 3 nitrogen and oxygen atoms in total. The molecule has 0 aliphatic rings. The second-order valence-electron chi connectivity index (χ2n) is 4.12. The first kappa shape index (κ1) is 10.7. The second kappa shape index (κ2) is 4.00. The number of phenolic OH excluding ortho intramolecular Hbond substituents is 1. The van der Waals surface area contributed by atoms with Gasteiger partial charge in [0.25, 0.3) is 0 Å². The molecule has 0 radical (unpaired) electrons. The molecule has 0 unspecified atom stereocenters. The molecule has 2 rings (SSSR count). The molecule has 0 aliphatic heterocycles. The minimum atomic E-state index is 0.234. The van der Waals surface area contributed by atoms with E-state index in [-0.39, 0.29) is 11.7 Å². The predicted octanol–water partition coefficient (Wildman–Crippen LogP) is 3.48. The molecule has 2 aromatic rings. The SMILES string of the molecule is Cc1nc(-c2ccccc2O)c(C(C)C)o1. The van der Waals surface area contributed by atoms with Crippen molar-refractivity contribution >= 4 is 0 Å². The maximum absolute atomic E-state index is 9.80. The molecule has 0 atom stereocenters. The summed E-state index contributed by atoms with van der Waals surface area (Å²) in [4.78, 5) is 4.34. The molecule has 1 N–H and O–H groups in total. The standard InChI is InChI=1S/C13H15NO2/c1-8(2)13-12(14-9(3)16-13)10-6-4-5-7-11(10)15/h4-8,15H,1-3H3. The number of rotatable bonds is 2. The third kappa shape index (κ3) is 1.81. The van der Waals surface area contributed by atoms with Gasteiger partial charge in [0.1, 0.15) is 17.2 Å². The highest BCUT2D eigenvalue weighted by molar-refractivity contribution is 5.68. The predicted molar refractivity (Wildman–Crippen MR) is 62.4 cm³/mol. The number of aromatic hydroxyl groups is 1. The van der Waals surface area contributed by atoms with Crippen molar-refractivity contribution in [1.82, 2.24) is 4.98 Å². The Morgan fingerprint density at radius 3 is 2.56 bits per heavy atom. The Labute approximate surface area is 94.8 Å². The summed E-state index contributed by atoms with van der Waals surface area (Å²) in [7, 11) is 0. The molecule has 0 aliphatic carbocycles. The maximum atomic E-state index is 9.80. The lowest BCUT2D eigenvalue weighted by molar-refractivity contribution is 0.456. The number of para-hydroxylation sites is 1. The summed E-state index contributed by atoms with van der Waals surface area (Å²) in [5, 5.41) is 9.80. The first-order valence-electron chi connectivity index (χ1n) is 5.35. The van der Waals surface area contributed by atoms with Gasteiger partial charge in [-0.25, -0.2) is 4.98 Å². The van der Waals surface area contributed by atoms with E-state index in [9.17, 15) is 5.11 Å². The molecule has 3 heteroatoms. The largest absolute Gasteiger partial charge is 0.507 e. The van der Waals surface area contributed by atoms with Crippen molar-refractivity contribution in [1.29, 1.82) is 0 Å². The normalized spacial score (nSPS) is 11.0. The van der Waals surface area contributed by atoms with Crippen LogP contribution >= 0.6 is 0 Å². The van der Waals surface area contributed by atoms with E-state index in [2.05, 4.69) is 4.98 Å². The van der Waals surface area contributed by atoms with Crippen molar-refractivity contribution in [2.24, 2.45) is 0 Å². The smallest absolute Gasteiger partial charge is 0.191 e. The van der Waals surface area contributed by atoms with Gasteiger partial charge in [0.05, 0.1) is 0 Å². The molecule has 0 saturated carbocycles. The van der Waals surface area contributed by atoms with Gasteiger partial charge in [0, 0.05) is 18.4 Å². The molecule has 84 valence electrons. The highest BCUT2D eigenvalue weighted by atomic mass is 16.4. The Hall–Kier alpha value is -1.77. The summed E-state index contributed by atoms with van der Waals surface area (Å²) in [5.41, 5.74) is 1.47. The highest BCUT2D eigenvalue weighted by Crippen LogP contribution is 2.34. The Morgan fingerprint density at radius 1 is 1.25 bits per heavy atom. The highest BCUT2D eigenvalue weighted by Gasteiger charge is 2.18. The number of nitrogens with zero attached hydrogens (tertiary/aromatic N) is 1. The summed E-state index contributed by atoms with van der Waals surface area (Å²) in [6.45, 7) is 5.91. The van der Waals surface area contributed by atoms with E-state index in [0.29, 0.717) is 5.89 Å². The van der Waals surface area contributed by atoms with Crippen molar-refractivity contribution < 1.29 is 9.52 Å². The lowest BCUT2D eigenvalue weighted by Crippen LogP contribution is -1.89. The van der Waals surface area contributed by atoms with Gasteiger partial charge in [0.15, 0.2) is 5.89 Å². The number of hydrogen-bond donors (Lipinski definition) is 1. The molecule has 0 bridgehead atoms. The topological polar surface area (TPSA) is 46.3 Å². The third-order valence-electron chi connectivity index (χ3n) is 2.44. The fraction of sp³-hybridized carbons (Fsp3) is 0.308. The van der Waals surface area contributed by atoms with Crippen molar-refractivity contribution in [2.45, 2.75) is 26.7 Å². The van der Waals surface area contributed by atoms with Crippen molar-refractivity contribution in [2.75, 3.05) is 0 Å². The number of aromatic nitrogens is 1. The van der Waals surface area contributed by atoms with Crippen LogP contribution in [0.2, 0.25) is 0 Å². The van der Waals surface area contributed by atoms with Crippen LogP contribution in [0.1, 0.15) is 31.4 Å². The first-order valence-corrected chi connectivity index (χ1v) is 5.35. The van der Waals surface area contributed by atoms with Gasteiger partial charge in [-0.05, 0) is 12.1 Å². The third-order valence-corrected chi connectivity index (χ3v) is 2.44. The molecular weight excluding hydrogens is 202 g/mol. The minimum Gasteiger partial charge on any atom is -0.507 e. The van der Waals surface area contributed by atoms with E-state index < -0.39 is 0 Å². The quantitative estimate of drug-likeness (QED) is 0.837. The Kier molecular flexibility index (Phi) is 2.69. The molecule has 1 aromatic carbocycles. The molecule has 1 aromatic heterocycles. The molecule has 0 saturated heterocycles. The lowest BCUT2D eigenvalue weighted by atomic mass is 10.0. The average Bonchev–Trinajstić information content (AvgIpc) is 2.61. The van der Waals surface area contributed by atoms with Crippen molar-refractivity contribution in [3.05, 3.63) is 35.9 Å². The van der Waals surface area contributed by atoms with Crippen molar-refractivity contribution in [3.8, 4) is 17.0 Å². The van der Waals surface area contributed by atoms with E-state index in [1.165, 1.54) is 0 Å². The summed E-state index contributed by atoms with van der Waals surface area (Å²) < 4.78 is 5.56. The summed E-state index contributed by atoms with van der Waals surface area (Å²) >= 11 is 0. The maximum Gasteiger partial charge on any atom is 0.191 e. The van der Waals surface area contributed by atoms with Gasteiger partial charge in [-0.15, -0.1) is 0 Å². The van der Waals surface area contributed by atoms with Crippen LogP contribution in [0.4, 0.5) is 0 Å². The summed E-state index contributed by atoms with van der Waals surface area (Å²) in [6, 6.07) is 7.17. The zero-order valence-corrected chi connectivity index (χ0v) is 9.69. The number of oxazole rings is 1. The fourth-order valence-corrected chi connectivity index (χ4v) is 1.70. The van der Waals surface area contributed by atoms with E-state index in [0.717, 1.165) is 17.0 Å². The molecule has 16 heavy (non-hydrogen) atoms. The van der Waals surface area contributed by atoms with Crippen LogP contribution in [0.3, 0.4) is 0 Å². The van der Waals surface area contributed by atoms with Gasteiger partial charge in [0.2, 0.25) is 0 Å². The van der Waals surface area contributed by atoms with E-state index in [1.54, 1.807) is 12.1 Å². The monoisotopic (exact) mass is 217 g/mol. The Bertz CT molecular complexity index is 500. The molecular formula is C13H15NO2. The van der Waals surface area contributed by atoms with Crippen LogP contribution in [0.25, 0.3) is 11.3 Å². The summed E-state index contributed by atoms with van der Waals surface area (Å²) in [5.74, 6) is 1.93.